The molecule has 7 heteroatoms. The molecule has 1 heterocycles. The molecule has 1 aliphatic rings. The molecule has 0 aliphatic carbocycles. The lowest BCUT2D eigenvalue weighted by molar-refractivity contribution is -0.116. The molecule has 2 amide bonds. The minimum Gasteiger partial charge on any atom is -0.486 e. The van der Waals surface area contributed by atoms with Crippen molar-refractivity contribution in [3.63, 3.8) is 0 Å². The zero-order valence-corrected chi connectivity index (χ0v) is 11.8. The summed E-state index contributed by atoms with van der Waals surface area (Å²) in [4.78, 5) is 22.8. The van der Waals surface area contributed by atoms with E-state index in [0.29, 0.717) is 37.0 Å². The third-order valence-corrected chi connectivity index (χ3v) is 2.72. The molecule has 0 atom stereocenters. The number of alkyl carbamates (subject to hydrolysis) is 1. The second-order valence-electron chi connectivity index (χ2n) is 4.30. The Morgan fingerprint density at radius 2 is 2.00 bits per heavy atom. The van der Waals surface area contributed by atoms with Crippen molar-refractivity contribution in [1.29, 1.82) is 0 Å². The van der Waals surface area contributed by atoms with Gasteiger partial charge in [-0.05, 0) is 19.1 Å². The lowest BCUT2D eigenvalue weighted by Gasteiger charge is -2.19. The number of rotatable bonds is 5. The minimum absolute atomic E-state index is 0.160. The molecule has 21 heavy (non-hydrogen) atoms. The maximum atomic E-state index is 11.7. The molecule has 0 spiro atoms. The molecule has 7 nitrogen and oxygen atoms in total. The van der Waals surface area contributed by atoms with Gasteiger partial charge in [-0.3, -0.25) is 4.79 Å². The summed E-state index contributed by atoms with van der Waals surface area (Å²) in [6, 6.07) is 5.20. The molecule has 0 aromatic heterocycles. The Bertz CT molecular complexity index is 518. The highest BCUT2D eigenvalue weighted by atomic mass is 16.6. The van der Waals surface area contributed by atoms with Gasteiger partial charge < -0.3 is 24.8 Å². The van der Waals surface area contributed by atoms with E-state index in [2.05, 4.69) is 10.6 Å². The van der Waals surface area contributed by atoms with Crippen molar-refractivity contribution < 1.29 is 23.8 Å². The largest absolute Gasteiger partial charge is 0.486 e. The first-order chi connectivity index (χ1) is 10.2. The lowest BCUT2D eigenvalue weighted by Crippen LogP contribution is -2.28. The van der Waals surface area contributed by atoms with Gasteiger partial charge in [-0.25, -0.2) is 4.79 Å². The molecule has 1 aliphatic heterocycles. The fourth-order valence-electron chi connectivity index (χ4n) is 1.80. The zero-order chi connectivity index (χ0) is 15.1. The number of carbonyl (C=O) groups excluding carboxylic acids is 2. The third kappa shape index (κ3) is 4.55. The molecule has 2 rings (SSSR count). The normalized spacial score (nSPS) is 12.4. The van der Waals surface area contributed by atoms with Crippen molar-refractivity contribution >= 4 is 17.7 Å². The van der Waals surface area contributed by atoms with Crippen LogP contribution in [0.4, 0.5) is 10.5 Å². The summed E-state index contributed by atoms with van der Waals surface area (Å²) in [6.07, 6.45) is -0.364. The van der Waals surface area contributed by atoms with E-state index >= 15 is 0 Å². The molecule has 0 fully saturated rings. The highest BCUT2D eigenvalue weighted by Gasteiger charge is 2.12. The number of anilines is 1. The van der Waals surface area contributed by atoms with Crippen LogP contribution in [0.25, 0.3) is 0 Å². The highest BCUT2D eigenvalue weighted by molar-refractivity contribution is 5.91. The first-order valence-electron chi connectivity index (χ1n) is 6.79. The van der Waals surface area contributed by atoms with Crippen LogP contribution in [-0.2, 0) is 9.53 Å². The molecule has 1 aromatic carbocycles. The van der Waals surface area contributed by atoms with E-state index in [-0.39, 0.29) is 18.9 Å². The van der Waals surface area contributed by atoms with Gasteiger partial charge in [0, 0.05) is 24.7 Å². The molecule has 0 unspecified atom stereocenters. The number of hydrogen-bond acceptors (Lipinski definition) is 5. The first kappa shape index (κ1) is 15.0. The van der Waals surface area contributed by atoms with E-state index in [4.69, 9.17) is 14.2 Å². The Kier molecular flexibility index (Phi) is 5.25. The summed E-state index contributed by atoms with van der Waals surface area (Å²) < 4.78 is 15.5. The number of carbonyl (C=O) groups is 2. The summed E-state index contributed by atoms with van der Waals surface area (Å²) in [5, 5.41) is 5.21. The standard InChI is InChI=1S/C14H18N2O5/c1-2-19-14(18)15-6-5-13(17)16-10-3-4-11-12(9-10)21-8-7-20-11/h3-4,9H,2,5-8H2,1H3,(H,15,18)(H,16,17). The summed E-state index contributed by atoms with van der Waals surface area (Å²) in [5.41, 5.74) is 0.625. The molecule has 0 radical (unpaired) electrons. The Balaban J connectivity index is 1.78. The van der Waals surface area contributed by atoms with Crippen LogP contribution < -0.4 is 20.1 Å². The van der Waals surface area contributed by atoms with Crippen molar-refractivity contribution in [2.45, 2.75) is 13.3 Å². The molecular formula is C14H18N2O5. The Morgan fingerprint density at radius 1 is 1.24 bits per heavy atom. The molecule has 0 bridgehead atoms. The summed E-state index contributed by atoms with van der Waals surface area (Å²) in [5.74, 6) is 1.08. The third-order valence-electron chi connectivity index (χ3n) is 2.72. The second-order valence-corrected chi connectivity index (χ2v) is 4.30. The summed E-state index contributed by atoms with van der Waals surface area (Å²) >= 11 is 0. The van der Waals surface area contributed by atoms with Gasteiger partial charge in [-0.15, -0.1) is 0 Å². The number of nitrogens with one attached hydrogen (secondary N) is 2. The predicted octanol–water partition coefficient (Wildman–Crippen LogP) is 1.53. The van der Waals surface area contributed by atoms with Crippen molar-refractivity contribution in [2.24, 2.45) is 0 Å². The van der Waals surface area contributed by atoms with Gasteiger partial charge in [0.15, 0.2) is 11.5 Å². The Hall–Kier alpha value is -2.44. The van der Waals surface area contributed by atoms with Gasteiger partial charge in [0.1, 0.15) is 13.2 Å². The minimum atomic E-state index is -0.523. The molecule has 2 N–H and O–H groups in total. The summed E-state index contributed by atoms with van der Waals surface area (Å²) in [6.45, 7) is 3.25. The van der Waals surface area contributed by atoms with Crippen molar-refractivity contribution in [1.82, 2.24) is 5.32 Å². The van der Waals surface area contributed by atoms with Crippen LogP contribution in [0.1, 0.15) is 13.3 Å². The number of hydrogen-bond donors (Lipinski definition) is 2. The van der Waals surface area contributed by atoms with E-state index in [1.165, 1.54) is 0 Å². The predicted molar refractivity (Wildman–Crippen MR) is 75.7 cm³/mol. The second kappa shape index (κ2) is 7.37. The Morgan fingerprint density at radius 3 is 2.76 bits per heavy atom. The van der Waals surface area contributed by atoms with Crippen LogP contribution in [0.5, 0.6) is 11.5 Å². The van der Waals surface area contributed by atoms with Crippen molar-refractivity contribution in [2.75, 3.05) is 31.7 Å². The van der Waals surface area contributed by atoms with E-state index < -0.39 is 6.09 Å². The van der Waals surface area contributed by atoms with Gasteiger partial charge in [-0.2, -0.15) is 0 Å². The zero-order valence-electron chi connectivity index (χ0n) is 11.8. The van der Waals surface area contributed by atoms with Gasteiger partial charge in [-0.1, -0.05) is 0 Å². The molecule has 0 saturated heterocycles. The van der Waals surface area contributed by atoms with Gasteiger partial charge >= 0.3 is 6.09 Å². The van der Waals surface area contributed by atoms with Crippen molar-refractivity contribution in [3.8, 4) is 11.5 Å². The monoisotopic (exact) mass is 294 g/mol. The quantitative estimate of drug-likeness (QED) is 0.860. The maximum absolute atomic E-state index is 11.7. The van der Waals surface area contributed by atoms with Gasteiger partial charge in [0.05, 0.1) is 6.61 Å². The summed E-state index contributed by atoms with van der Waals surface area (Å²) in [7, 11) is 0. The van der Waals surface area contributed by atoms with Crippen molar-refractivity contribution in [3.05, 3.63) is 18.2 Å². The van der Waals surface area contributed by atoms with Crippen LogP contribution in [-0.4, -0.2) is 38.4 Å². The van der Waals surface area contributed by atoms with Crippen LogP contribution in [0, 0.1) is 0 Å². The van der Waals surface area contributed by atoms with E-state index in [0.717, 1.165) is 0 Å². The topological polar surface area (TPSA) is 85.9 Å². The van der Waals surface area contributed by atoms with Crippen LogP contribution in [0.15, 0.2) is 18.2 Å². The number of benzene rings is 1. The highest BCUT2D eigenvalue weighted by Crippen LogP contribution is 2.32. The first-order valence-corrected chi connectivity index (χ1v) is 6.79. The fourth-order valence-corrected chi connectivity index (χ4v) is 1.80. The molecule has 1 aromatic rings. The van der Waals surface area contributed by atoms with E-state index in [1.807, 2.05) is 0 Å². The SMILES string of the molecule is CCOC(=O)NCCC(=O)Nc1ccc2c(c1)OCCO2. The average molecular weight is 294 g/mol. The molecule has 114 valence electrons. The van der Waals surface area contributed by atoms with Crippen LogP contribution in [0.2, 0.25) is 0 Å². The van der Waals surface area contributed by atoms with E-state index in [1.54, 1.807) is 25.1 Å². The van der Waals surface area contributed by atoms with Crippen LogP contribution in [0.3, 0.4) is 0 Å². The van der Waals surface area contributed by atoms with Gasteiger partial charge in [0.25, 0.3) is 0 Å². The number of fused-ring (bicyclic) bond motifs is 1. The smallest absolute Gasteiger partial charge is 0.407 e. The maximum Gasteiger partial charge on any atom is 0.407 e. The Labute approximate surface area is 122 Å². The lowest BCUT2D eigenvalue weighted by atomic mass is 10.2. The van der Waals surface area contributed by atoms with Crippen LogP contribution >= 0.6 is 0 Å². The molecule has 0 saturated carbocycles. The fraction of sp³-hybridized carbons (Fsp3) is 0.429. The van der Waals surface area contributed by atoms with Gasteiger partial charge in [0.2, 0.25) is 5.91 Å². The number of ether oxygens (including phenoxy) is 3. The average Bonchev–Trinajstić information content (AvgIpc) is 2.47. The molecular weight excluding hydrogens is 276 g/mol. The number of amides is 2. The van der Waals surface area contributed by atoms with E-state index in [9.17, 15) is 9.59 Å².